The van der Waals surface area contributed by atoms with Crippen molar-refractivity contribution < 1.29 is 14.3 Å². The highest BCUT2D eigenvalue weighted by Crippen LogP contribution is 2.23. The van der Waals surface area contributed by atoms with Crippen molar-refractivity contribution >= 4 is 18.0 Å². The molecule has 1 aliphatic rings. The van der Waals surface area contributed by atoms with Crippen LogP contribution in [0.4, 0.5) is 0 Å². The average Bonchev–Trinajstić information content (AvgIpc) is 3.21. The van der Waals surface area contributed by atoms with Crippen molar-refractivity contribution in [3.8, 4) is 0 Å². The van der Waals surface area contributed by atoms with E-state index < -0.39 is 12.1 Å². The summed E-state index contributed by atoms with van der Waals surface area (Å²) in [6.07, 6.45) is 4.16. The van der Waals surface area contributed by atoms with E-state index in [-0.39, 0.29) is 5.91 Å². The Bertz CT molecular complexity index is 775. The topological polar surface area (TPSA) is 46.6 Å². The van der Waals surface area contributed by atoms with Crippen molar-refractivity contribution in [1.29, 1.82) is 0 Å². The summed E-state index contributed by atoms with van der Waals surface area (Å²) in [4.78, 5) is 26.9. The van der Waals surface area contributed by atoms with Gasteiger partial charge < -0.3 is 9.64 Å². The lowest BCUT2D eigenvalue weighted by Gasteiger charge is -2.23. The Balaban J connectivity index is 1.73. The van der Waals surface area contributed by atoms with Gasteiger partial charge in [-0.05, 0) is 31.4 Å². The predicted molar refractivity (Wildman–Crippen MR) is 101 cm³/mol. The number of rotatable bonds is 5. The van der Waals surface area contributed by atoms with Gasteiger partial charge >= 0.3 is 5.97 Å². The monoisotopic (exact) mass is 349 g/mol. The van der Waals surface area contributed by atoms with E-state index in [9.17, 15) is 9.59 Å². The molecule has 26 heavy (non-hydrogen) atoms. The van der Waals surface area contributed by atoms with Gasteiger partial charge in [0, 0.05) is 24.7 Å². The van der Waals surface area contributed by atoms with E-state index in [1.54, 1.807) is 11.0 Å². The van der Waals surface area contributed by atoms with Crippen LogP contribution in [0.15, 0.2) is 60.7 Å². The SMILES string of the molecule is Cc1ccc(/C=C/C(=O)O[C@H](C(=O)N2CCCC2)c2ccccc2)cc1. The first kappa shape index (κ1) is 17.9. The van der Waals surface area contributed by atoms with Gasteiger partial charge in [-0.2, -0.15) is 0 Å². The van der Waals surface area contributed by atoms with Gasteiger partial charge in [0.15, 0.2) is 0 Å². The summed E-state index contributed by atoms with van der Waals surface area (Å²) in [6.45, 7) is 3.45. The second-order valence-electron chi connectivity index (χ2n) is 6.50. The first-order valence-corrected chi connectivity index (χ1v) is 8.92. The van der Waals surface area contributed by atoms with Crippen LogP contribution in [0.25, 0.3) is 6.08 Å². The summed E-state index contributed by atoms with van der Waals surface area (Å²) in [5.74, 6) is -0.669. The Kier molecular flexibility index (Phi) is 5.84. The number of hydrogen-bond acceptors (Lipinski definition) is 3. The molecule has 0 aromatic heterocycles. The molecular weight excluding hydrogens is 326 g/mol. The summed E-state index contributed by atoms with van der Waals surface area (Å²) in [5.41, 5.74) is 2.77. The van der Waals surface area contributed by atoms with Crippen LogP contribution in [0.1, 0.15) is 35.6 Å². The Morgan fingerprint density at radius 3 is 2.31 bits per heavy atom. The molecule has 0 unspecified atom stereocenters. The zero-order valence-electron chi connectivity index (χ0n) is 14.9. The normalized spacial score (nSPS) is 15.2. The summed E-state index contributed by atoms with van der Waals surface area (Å²) in [7, 11) is 0. The van der Waals surface area contributed by atoms with E-state index in [0.29, 0.717) is 5.56 Å². The number of amides is 1. The minimum atomic E-state index is -0.899. The van der Waals surface area contributed by atoms with Gasteiger partial charge in [-0.1, -0.05) is 60.2 Å². The maximum absolute atomic E-state index is 12.8. The first-order chi connectivity index (χ1) is 12.6. The third-order valence-corrected chi connectivity index (χ3v) is 4.47. The van der Waals surface area contributed by atoms with Gasteiger partial charge in [0.05, 0.1) is 0 Å². The maximum atomic E-state index is 12.8. The Morgan fingerprint density at radius 1 is 1.00 bits per heavy atom. The summed E-state index contributed by atoms with van der Waals surface area (Å²) < 4.78 is 5.54. The Hall–Kier alpha value is -2.88. The molecule has 0 bridgehead atoms. The largest absolute Gasteiger partial charge is 0.444 e. The van der Waals surface area contributed by atoms with Crippen LogP contribution in [0.5, 0.6) is 0 Å². The number of benzene rings is 2. The van der Waals surface area contributed by atoms with E-state index >= 15 is 0 Å². The molecule has 2 aromatic rings. The van der Waals surface area contributed by atoms with Crippen molar-refractivity contribution in [2.75, 3.05) is 13.1 Å². The Morgan fingerprint density at radius 2 is 1.65 bits per heavy atom. The summed E-state index contributed by atoms with van der Waals surface area (Å²) >= 11 is 0. The van der Waals surface area contributed by atoms with Crippen molar-refractivity contribution in [2.45, 2.75) is 25.9 Å². The molecule has 4 heteroatoms. The molecule has 3 rings (SSSR count). The molecule has 2 aromatic carbocycles. The van der Waals surface area contributed by atoms with Crippen LogP contribution in [-0.4, -0.2) is 29.9 Å². The van der Waals surface area contributed by atoms with Gasteiger partial charge in [0.1, 0.15) is 0 Å². The van der Waals surface area contributed by atoms with Gasteiger partial charge in [-0.3, -0.25) is 4.79 Å². The molecule has 0 saturated carbocycles. The highest BCUT2D eigenvalue weighted by Gasteiger charge is 2.30. The van der Waals surface area contributed by atoms with E-state index in [0.717, 1.165) is 37.1 Å². The van der Waals surface area contributed by atoms with Crippen LogP contribution in [0.2, 0.25) is 0 Å². The number of likely N-dealkylation sites (tertiary alicyclic amines) is 1. The van der Waals surface area contributed by atoms with E-state index in [2.05, 4.69) is 0 Å². The quantitative estimate of drug-likeness (QED) is 0.607. The molecule has 0 spiro atoms. The predicted octanol–water partition coefficient (Wildman–Crippen LogP) is 3.92. The van der Waals surface area contributed by atoms with E-state index in [1.165, 1.54) is 6.08 Å². The fourth-order valence-corrected chi connectivity index (χ4v) is 2.99. The van der Waals surface area contributed by atoms with Gasteiger partial charge in [0.2, 0.25) is 6.10 Å². The number of esters is 1. The fraction of sp³-hybridized carbons (Fsp3) is 0.273. The zero-order chi connectivity index (χ0) is 18.4. The molecule has 4 nitrogen and oxygen atoms in total. The lowest BCUT2D eigenvalue weighted by molar-refractivity contribution is -0.156. The van der Waals surface area contributed by atoms with Gasteiger partial charge in [-0.15, -0.1) is 0 Å². The molecule has 0 N–H and O–H groups in total. The third-order valence-electron chi connectivity index (χ3n) is 4.47. The Labute approximate surface area is 154 Å². The van der Waals surface area contributed by atoms with Crippen LogP contribution >= 0.6 is 0 Å². The molecule has 1 fully saturated rings. The molecule has 1 saturated heterocycles. The van der Waals surface area contributed by atoms with E-state index in [4.69, 9.17) is 4.74 Å². The number of ether oxygens (including phenoxy) is 1. The van der Waals surface area contributed by atoms with Crippen LogP contribution in [0.3, 0.4) is 0 Å². The maximum Gasteiger partial charge on any atom is 0.331 e. The average molecular weight is 349 g/mol. The minimum absolute atomic E-state index is 0.147. The summed E-state index contributed by atoms with van der Waals surface area (Å²) in [6, 6.07) is 17.0. The fourth-order valence-electron chi connectivity index (χ4n) is 2.99. The highest BCUT2D eigenvalue weighted by molar-refractivity contribution is 5.91. The highest BCUT2D eigenvalue weighted by atomic mass is 16.5. The number of nitrogens with zero attached hydrogens (tertiary/aromatic N) is 1. The molecular formula is C22H23NO3. The van der Waals surface area contributed by atoms with Gasteiger partial charge in [-0.25, -0.2) is 4.79 Å². The lowest BCUT2D eigenvalue weighted by atomic mass is 10.1. The number of carbonyl (C=O) groups is 2. The molecule has 0 radical (unpaired) electrons. The second-order valence-corrected chi connectivity index (χ2v) is 6.50. The molecule has 1 amide bonds. The minimum Gasteiger partial charge on any atom is -0.444 e. The molecule has 1 atom stereocenters. The van der Waals surface area contributed by atoms with Crippen LogP contribution in [0, 0.1) is 6.92 Å². The van der Waals surface area contributed by atoms with E-state index in [1.807, 2.05) is 61.5 Å². The van der Waals surface area contributed by atoms with Crippen molar-refractivity contribution in [3.05, 3.63) is 77.4 Å². The smallest absolute Gasteiger partial charge is 0.331 e. The standard InChI is InChI=1S/C22H23NO3/c1-17-9-11-18(12-10-17)13-14-20(24)26-21(19-7-3-2-4-8-19)22(25)23-15-5-6-16-23/h2-4,7-14,21H,5-6,15-16H2,1H3/b14-13+/t21-/m0/s1. The molecule has 134 valence electrons. The number of hydrogen-bond donors (Lipinski definition) is 0. The molecule has 1 aliphatic heterocycles. The lowest BCUT2D eigenvalue weighted by Crippen LogP contribution is -2.34. The third kappa shape index (κ3) is 4.60. The van der Waals surface area contributed by atoms with Crippen LogP contribution < -0.4 is 0 Å². The van der Waals surface area contributed by atoms with Crippen molar-refractivity contribution in [1.82, 2.24) is 4.90 Å². The second kappa shape index (κ2) is 8.48. The van der Waals surface area contributed by atoms with Crippen LogP contribution in [-0.2, 0) is 14.3 Å². The molecule has 1 heterocycles. The molecule has 0 aliphatic carbocycles. The zero-order valence-corrected chi connectivity index (χ0v) is 14.9. The number of carbonyl (C=O) groups excluding carboxylic acids is 2. The first-order valence-electron chi connectivity index (χ1n) is 8.92. The van der Waals surface area contributed by atoms with Crippen molar-refractivity contribution in [2.24, 2.45) is 0 Å². The number of aryl methyl sites for hydroxylation is 1. The van der Waals surface area contributed by atoms with Gasteiger partial charge in [0.25, 0.3) is 5.91 Å². The van der Waals surface area contributed by atoms with Crippen molar-refractivity contribution in [3.63, 3.8) is 0 Å². The summed E-state index contributed by atoms with van der Waals surface area (Å²) in [5, 5.41) is 0.